The average Bonchev–Trinajstić information content (AvgIpc) is 2.45. The lowest BCUT2D eigenvalue weighted by molar-refractivity contribution is 0.0463. The van der Waals surface area contributed by atoms with Crippen LogP contribution in [0.4, 0.5) is 0 Å². The van der Waals surface area contributed by atoms with Crippen molar-refractivity contribution in [3.63, 3.8) is 0 Å². The van der Waals surface area contributed by atoms with Crippen molar-refractivity contribution in [2.75, 3.05) is 6.26 Å². The minimum atomic E-state index is -3.48. The third-order valence-corrected chi connectivity index (χ3v) is 3.74. The maximum absolute atomic E-state index is 12.0. The minimum absolute atomic E-state index is 0.00221. The van der Waals surface area contributed by atoms with Gasteiger partial charge >= 0.3 is 5.97 Å². The lowest BCUT2D eigenvalue weighted by atomic mass is 10.2. The number of carbonyl (C=O) groups is 1. The van der Waals surface area contributed by atoms with Crippen LogP contribution in [-0.4, -0.2) is 25.6 Å². The molecule has 1 aromatic heterocycles. The topological polar surface area (TPSA) is 73.3 Å². The largest absolute Gasteiger partial charge is 0.456 e. The van der Waals surface area contributed by atoms with Gasteiger partial charge in [-0.3, -0.25) is 4.98 Å². The molecule has 0 bridgehead atoms. The summed E-state index contributed by atoms with van der Waals surface area (Å²) >= 11 is 0. The molecular formula is C14H13NO4S. The number of nitrogens with zero attached hydrogens (tertiary/aromatic N) is 1. The van der Waals surface area contributed by atoms with Crippen LogP contribution in [0.2, 0.25) is 0 Å². The third-order valence-electron chi connectivity index (χ3n) is 2.58. The second-order valence-electron chi connectivity index (χ2n) is 4.17. The summed E-state index contributed by atoms with van der Waals surface area (Å²) in [7, 11) is -3.48. The number of esters is 1. The zero-order chi connectivity index (χ0) is 14.6. The minimum Gasteiger partial charge on any atom is -0.456 e. The Bertz CT molecular complexity index is 711. The van der Waals surface area contributed by atoms with E-state index in [0.717, 1.165) is 6.26 Å². The summed E-state index contributed by atoms with van der Waals surface area (Å²) < 4.78 is 28.3. The number of hydrogen-bond donors (Lipinski definition) is 0. The van der Waals surface area contributed by atoms with E-state index in [2.05, 4.69) is 4.98 Å². The third kappa shape index (κ3) is 3.42. The molecule has 0 atom stereocenters. The van der Waals surface area contributed by atoms with Crippen LogP contribution in [0.15, 0.2) is 53.6 Å². The summed E-state index contributed by atoms with van der Waals surface area (Å²) in [4.78, 5) is 16.0. The van der Waals surface area contributed by atoms with E-state index in [1.54, 1.807) is 36.5 Å². The van der Waals surface area contributed by atoms with E-state index in [9.17, 15) is 13.2 Å². The molecule has 0 aliphatic carbocycles. The zero-order valence-corrected chi connectivity index (χ0v) is 11.6. The normalized spacial score (nSPS) is 11.1. The van der Waals surface area contributed by atoms with E-state index in [1.165, 1.54) is 12.1 Å². The van der Waals surface area contributed by atoms with Gasteiger partial charge < -0.3 is 4.74 Å². The zero-order valence-electron chi connectivity index (χ0n) is 10.8. The van der Waals surface area contributed by atoms with E-state index in [0.29, 0.717) is 5.69 Å². The first-order valence-corrected chi connectivity index (χ1v) is 7.74. The first kappa shape index (κ1) is 14.2. The molecule has 2 rings (SSSR count). The van der Waals surface area contributed by atoms with Crippen LogP contribution in [-0.2, 0) is 21.2 Å². The van der Waals surface area contributed by atoms with Gasteiger partial charge in [0.05, 0.1) is 16.2 Å². The van der Waals surface area contributed by atoms with Gasteiger partial charge in [0.15, 0.2) is 9.84 Å². The Morgan fingerprint density at radius 1 is 1.15 bits per heavy atom. The Kier molecular flexibility index (Phi) is 4.14. The summed E-state index contributed by atoms with van der Waals surface area (Å²) in [5.74, 6) is -0.684. The monoisotopic (exact) mass is 291 g/mol. The highest BCUT2D eigenvalue weighted by Crippen LogP contribution is 2.16. The highest BCUT2D eigenvalue weighted by atomic mass is 32.2. The Morgan fingerprint density at radius 2 is 1.85 bits per heavy atom. The summed E-state index contributed by atoms with van der Waals surface area (Å²) in [5.41, 5.74) is 0.628. The predicted molar refractivity (Wildman–Crippen MR) is 72.9 cm³/mol. The Morgan fingerprint density at radius 3 is 2.50 bits per heavy atom. The second kappa shape index (κ2) is 5.83. The molecule has 0 saturated heterocycles. The van der Waals surface area contributed by atoms with Gasteiger partial charge in [0.2, 0.25) is 0 Å². The van der Waals surface area contributed by atoms with Gasteiger partial charge in [-0.15, -0.1) is 0 Å². The number of aromatic nitrogens is 1. The SMILES string of the molecule is CS(=O)(=O)c1ccccc1C(=O)OCc1ccccn1. The number of pyridine rings is 1. The Balaban J connectivity index is 2.18. The van der Waals surface area contributed by atoms with Crippen molar-refractivity contribution in [1.29, 1.82) is 0 Å². The van der Waals surface area contributed by atoms with Crippen molar-refractivity contribution < 1.29 is 17.9 Å². The van der Waals surface area contributed by atoms with Crippen LogP contribution >= 0.6 is 0 Å². The first-order valence-electron chi connectivity index (χ1n) is 5.84. The van der Waals surface area contributed by atoms with Crippen LogP contribution in [0, 0.1) is 0 Å². The Labute approximate surface area is 117 Å². The molecule has 1 aromatic carbocycles. The number of benzene rings is 1. The average molecular weight is 291 g/mol. The molecule has 0 unspecified atom stereocenters. The lowest BCUT2D eigenvalue weighted by Crippen LogP contribution is -2.11. The van der Waals surface area contributed by atoms with Gasteiger partial charge in [0.25, 0.3) is 0 Å². The predicted octanol–water partition coefficient (Wildman–Crippen LogP) is 1.84. The van der Waals surface area contributed by atoms with Gasteiger partial charge in [0.1, 0.15) is 6.61 Å². The number of hydrogen-bond acceptors (Lipinski definition) is 5. The molecule has 0 fully saturated rings. The maximum atomic E-state index is 12.0. The fourth-order valence-electron chi connectivity index (χ4n) is 1.66. The number of ether oxygens (including phenoxy) is 1. The van der Waals surface area contributed by atoms with E-state index in [4.69, 9.17) is 4.74 Å². The van der Waals surface area contributed by atoms with Crippen molar-refractivity contribution in [2.24, 2.45) is 0 Å². The summed E-state index contributed by atoms with van der Waals surface area (Å²) in [5, 5.41) is 0. The molecule has 2 aromatic rings. The maximum Gasteiger partial charge on any atom is 0.339 e. The Hall–Kier alpha value is -2.21. The van der Waals surface area contributed by atoms with E-state index < -0.39 is 15.8 Å². The fraction of sp³-hybridized carbons (Fsp3) is 0.143. The van der Waals surface area contributed by atoms with Crippen LogP contribution in [0.25, 0.3) is 0 Å². The van der Waals surface area contributed by atoms with Gasteiger partial charge in [-0.05, 0) is 24.3 Å². The van der Waals surface area contributed by atoms with Gasteiger partial charge in [-0.2, -0.15) is 0 Å². The lowest BCUT2D eigenvalue weighted by Gasteiger charge is -2.08. The highest BCUT2D eigenvalue weighted by molar-refractivity contribution is 7.90. The van der Waals surface area contributed by atoms with Crippen LogP contribution in [0.1, 0.15) is 16.1 Å². The van der Waals surface area contributed by atoms with Crippen LogP contribution < -0.4 is 0 Å². The molecule has 0 N–H and O–H groups in total. The van der Waals surface area contributed by atoms with Crippen molar-refractivity contribution in [2.45, 2.75) is 11.5 Å². The number of carbonyl (C=O) groups excluding carboxylic acids is 1. The van der Waals surface area contributed by atoms with E-state index in [1.807, 2.05) is 0 Å². The standard InChI is InChI=1S/C14H13NO4S/c1-20(17,18)13-8-3-2-7-12(13)14(16)19-10-11-6-4-5-9-15-11/h2-9H,10H2,1H3. The summed E-state index contributed by atoms with van der Waals surface area (Å²) in [6.45, 7) is -0.00221. The molecule has 0 spiro atoms. The van der Waals surface area contributed by atoms with Gasteiger partial charge in [0, 0.05) is 12.5 Å². The van der Waals surface area contributed by atoms with Gasteiger partial charge in [-0.1, -0.05) is 18.2 Å². The first-order chi connectivity index (χ1) is 9.48. The quantitative estimate of drug-likeness (QED) is 0.804. The van der Waals surface area contributed by atoms with Crippen molar-refractivity contribution in [3.8, 4) is 0 Å². The van der Waals surface area contributed by atoms with E-state index in [-0.39, 0.29) is 17.1 Å². The molecule has 5 nitrogen and oxygen atoms in total. The van der Waals surface area contributed by atoms with Crippen molar-refractivity contribution >= 4 is 15.8 Å². The second-order valence-corrected chi connectivity index (χ2v) is 6.15. The molecule has 0 amide bonds. The molecule has 20 heavy (non-hydrogen) atoms. The number of rotatable bonds is 4. The van der Waals surface area contributed by atoms with Crippen molar-refractivity contribution in [3.05, 3.63) is 59.9 Å². The van der Waals surface area contributed by atoms with Crippen LogP contribution in [0.5, 0.6) is 0 Å². The molecule has 0 radical (unpaired) electrons. The molecular weight excluding hydrogens is 278 g/mol. The highest BCUT2D eigenvalue weighted by Gasteiger charge is 2.19. The summed E-state index contributed by atoms with van der Waals surface area (Å²) in [6.07, 6.45) is 2.64. The summed E-state index contributed by atoms with van der Waals surface area (Å²) in [6, 6.07) is 11.2. The fourth-order valence-corrected chi connectivity index (χ4v) is 2.54. The van der Waals surface area contributed by atoms with Gasteiger partial charge in [-0.25, -0.2) is 13.2 Å². The molecule has 0 aliphatic heterocycles. The molecule has 6 heteroatoms. The van der Waals surface area contributed by atoms with Crippen LogP contribution in [0.3, 0.4) is 0 Å². The molecule has 0 aliphatic rings. The van der Waals surface area contributed by atoms with E-state index >= 15 is 0 Å². The molecule has 0 saturated carbocycles. The molecule has 104 valence electrons. The number of sulfone groups is 1. The van der Waals surface area contributed by atoms with Crippen molar-refractivity contribution in [1.82, 2.24) is 4.98 Å². The smallest absolute Gasteiger partial charge is 0.339 e. The molecule has 1 heterocycles.